The molecular weight excluding hydrogens is 286 g/mol. The van der Waals surface area contributed by atoms with E-state index in [-0.39, 0.29) is 0 Å². The van der Waals surface area contributed by atoms with Gasteiger partial charge in [0.25, 0.3) is 0 Å². The molecule has 1 aliphatic rings. The van der Waals surface area contributed by atoms with E-state index in [0.717, 1.165) is 35.9 Å². The van der Waals surface area contributed by atoms with Gasteiger partial charge in [0.1, 0.15) is 0 Å². The van der Waals surface area contributed by atoms with Crippen molar-refractivity contribution in [2.75, 3.05) is 32.1 Å². The van der Waals surface area contributed by atoms with Gasteiger partial charge in [-0.25, -0.2) is 3.97 Å². The van der Waals surface area contributed by atoms with Gasteiger partial charge in [0.2, 0.25) is 0 Å². The van der Waals surface area contributed by atoms with Gasteiger partial charge < -0.3 is 4.90 Å². The SMILES string of the molecule is CN(C)c1cccc2c1ccn2S(=O)(=O)N1CCCCC1. The average molecular weight is 307 g/mol. The molecule has 1 fully saturated rings. The Bertz CT molecular complexity index is 743. The average Bonchev–Trinajstić information content (AvgIpc) is 2.92. The molecule has 0 atom stereocenters. The van der Waals surface area contributed by atoms with Crippen LogP contribution in [-0.4, -0.2) is 43.9 Å². The maximum Gasteiger partial charge on any atom is 0.307 e. The summed E-state index contributed by atoms with van der Waals surface area (Å²) >= 11 is 0. The topological polar surface area (TPSA) is 45.6 Å². The summed E-state index contributed by atoms with van der Waals surface area (Å²) in [4.78, 5) is 2.00. The van der Waals surface area contributed by atoms with Crippen LogP contribution < -0.4 is 4.90 Å². The number of piperidine rings is 1. The van der Waals surface area contributed by atoms with Crippen molar-refractivity contribution in [3.05, 3.63) is 30.5 Å². The van der Waals surface area contributed by atoms with Crippen molar-refractivity contribution in [1.29, 1.82) is 0 Å². The van der Waals surface area contributed by atoms with Gasteiger partial charge >= 0.3 is 10.2 Å². The van der Waals surface area contributed by atoms with E-state index in [0.29, 0.717) is 13.1 Å². The van der Waals surface area contributed by atoms with Gasteiger partial charge in [0.15, 0.2) is 0 Å². The molecule has 0 aliphatic carbocycles. The first-order chi connectivity index (χ1) is 10.0. The van der Waals surface area contributed by atoms with Crippen molar-refractivity contribution in [2.45, 2.75) is 19.3 Å². The molecule has 2 heterocycles. The summed E-state index contributed by atoms with van der Waals surface area (Å²) in [6, 6.07) is 7.65. The van der Waals surface area contributed by atoms with Gasteiger partial charge in [0.05, 0.1) is 5.52 Å². The number of rotatable bonds is 3. The van der Waals surface area contributed by atoms with E-state index >= 15 is 0 Å². The van der Waals surface area contributed by atoms with Crippen LogP contribution >= 0.6 is 0 Å². The predicted molar refractivity (Wildman–Crippen MR) is 86.0 cm³/mol. The molecule has 21 heavy (non-hydrogen) atoms. The lowest BCUT2D eigenvalue weighted by molar-refractivity contribution is 0.343. The van der Waals surface area contributed by atoms with Crippen molar-refractivity contribution in [1.82, 2.24) is 8.28 Å². The van der Waals surface area contributed by atoms with Crippen molar-refractivity contribution >= 4 is 26.8 Å². The minimum atomic E-state index is -3.46. The monoisotopic (exact) mass is 307 g/mol. The lowest BCUT2D eigenvalue weighted by Gasteiger charge is -2.26. The minimum Gasteiger partial charge on any atom is -0.377 e. The maximum atomic E-state index is 12.8. The van der Waals surface area contributed by atoms with Gasteiger partial charge in [-0.15, -0.1) is 0 Å². The third kappa shape index (κ3) is 2.42. The van der Waals surface area contributed by atoms with Crippen LogP contribution in [0, 0.1) is 0 Å². The number of fused-ring (bicyclic) bond motifs is 1. The maximum absolute atomic E-state index is 12.8. The van der Waals surface area contributed by atoms with E-state index in [1.54, 1.807) is 10.5 Å². The van der Waals surface area contributed by atoms with Gasteiger partial charge in [-0.05, 0) is 31.0 Å². The first-order valence-corrected chi connectivity index (χ1v) is 8.69. The summed E-state index contributed by atoms with van der Waals surface area (Å²) < 4.78 is 28.7. The molecule has 1 aromatic heterocycles. The molecule has 3 rings (SSSR count). The van der Waals surface area contributed by atoms with Crippen LogP contribution in [-0.2, 0) is 10.2 Å². The zero-order valence-electron chi connectivity index (χ0n) is 12.5. The molecule has 6 heteroatoms. The second-order valence-corrected chi connectivity index (χ2v) is 7.49. The van der Waals surface area contributed by atoms with Gasteiger partial charge in [-0.1, -0.05) is 12.5 Å². The van der Waals surface area contributed by atoms with Crippen molar-refractivity contribution in [3.8, 4) is 0 Å². The Morgan fingerprint density at radius 2 is 1.76 bits per heavy atom. The van der Waals surface area contributed by atoms with E-state index in [4.69, 9.17) is 0 Å². The quantitative estimate of drug-likeness (QED) is 0.874. The highest BCUT2D eigenvalue weighted by atomic mass is 32.2. The number of anilines is 1. The molecule has 0 amide bonds. The molecule has 1 aliphatic heterocycles. The molecule has 0 unspecified atom stereocenters. The van der Waals surface area contributed by atoms with Crippen LogP contribution in [0.2, 0.25) is 0 Å². The molecule has 114 valence electrons. The van der Waals surface area contributed by atoms with E-state index < -0.39 is 10.2 Å². The molecular formula is C15H21N3O2S. The van der Waals surface area contributed by atoms with Crippen LogP contribution in [0.1, 0.15) is 19.3 Å². The van der Waals surface area contributed by atoms with E-state index in [1.807, 2.05) is 43.3 Å². The zero-order chi connectivity index (χ0) is 15.0. The molecule has 1 aromatic carbocycles. The Labute approximate surface area is 125 Å². The van der Waals surface area contributed by atoms with Gasteiger partial charge in [-0.3, -0.25) is 0 Å². The largest absolute Gasteiger partial charge is 0.377 e. The molecule has 0 radical (unpaired) electrons. The smallest absolute Gasteiger partial charge is 0.307 e. The lowest BCUT2D eigenvalue weighted by Crippen LogP contribution is -2.38. The first kappa shape index (κ1) is 14.4. The lowest BCUT2D eigenvalue weighted by atomic mass is 10.2. The fourth-order valence-electron chi connectivity index (χ4n) is 2.94. The van der Waals surface area contributed by atoms with Crippen LogP contribution in [0.25, 0.3) is 10.9 Å². The summed E-state index contributed by atoms with van der Waals surface area (Å²) in [6.45, 7) is 1.24. The van der Waals surface area contributed by atoms with E-state index in [1.165, 1.54) is 3.97 Å². The third-order valence-corrected chi connectivity index (χ3v) is 5.88. The molecule has 5 nitrogen and oxygen atoms in total. The number of nitrogens with zero attached hydrogens (tertiary/aromatic N) is 3. The Kier molecular flexibility index (Phi) is 3.67. The van der Waals surface area contributed by atoms with Crippen LogP contribution in [0.15, 0.2) is 30.5 Å². The Morgan fingerprint density at radius 1 is 1.05 bits per heavy atom. The summed E-state index contributed by atoms with van der Waals surface area (Å²) in [6.07, 6.45) is 4.67. The summed E-state index contributed by atoms with van der Waals surface area (Å²) in [5.41, 5.74) is 1.77. The fraction of sp³-hybridized carbons (Fsp3) is 0.467. The Hall–Kier alpha value is -1.53. The molecule has 0 N–H and O–H groups in total. The second-order valence-electron chi connectivity index (χ2n) is 5.68. The number of hydrogen-bond donors (Lipinski definition) is 0. The fourth-order valence-corrected chi connectivity index (χ4v) is 4.53. The summed E-state index contributed by atoms with van der Waals surface area (Å²) in [7, 11) is 0.471. The molecule has 0 bridgehead atoms. The van der Waals surface area contributed by atoms with Crippen LogP contribution in [0.5, 0.6) is 0 Å². The summed E-state index contributed by atoms with van der Waals surface area (Å²) in [5, 5.41) is 0.961. The predicted octanol–water partition coefficient (Wildman–Crippen LogP) is 2.29. The minimum absolute atomic E-state index is 0.620. The number of benzene rings is 1. The zero-order valence-corrected chi connectivity index (χ0v) is 13.3. The highest BCUT2D eigenvalue weighted by molar-refractivity contribution is 7.87. The third-order valence-electron chi connectivity index (χ3n) is 4.05. The molecule has 0 spiro atoms. The Balaban J connectivity index is 2.10. The Morgan fingerprint density at radius 3 is 2.43 bits per heavy atom. The van der Waals surface area contributed by atoms with Gasteiger partial charge in [0, 0.05) is 44.5 Å². The molecule has 2 aromatic rings. The van der Waals surface area contributed by atoms with E-state index in [2.05, 4.69) is 0 Å². The highest BCUT2D eigenvalue weighted by Crippen LogP contribution is 2.28. The van der Waals surface area contributed by atoms with E-state index in [9.17, 15) is 8.42 Å². The van der Waals surface area contributed by atoms with Crippen molar-refractivity contribution in [3.63, 3.8) is 0 Å². The standard InChI is InChI=1S/C15H21N3O2S/c1-16(2)14-7-6-8-15-13(14)9-12-18(15)21(19,20)17-10-4-3-5-11-17/h6-9,12H,3-5,10-11H2,1-2H3. The van der Waals surface area contributed by atoms with Crippen LogP contribution in [0.4, 0.5) is 5.69 Å². The first-order valence-electron chi connectivity index (χ1n) is 7.30. The highest BCUT2D eigenvalue weighted by Gasteiger charge is 2.26. The molecule has 1 saturated heterocycles. The second kappa shape index (κ2) is 5.35. The number of aromatic nitrogens is 1. The van der Waals surface area contributed by atoms with Crippen molar-refractivity contribution in [2.24, 2.45) is 0 Å². The van der Waals surface area contributed by atoms with Crippen LogP contribution in [0.3, 0.4) is 0 Å². The normalized spacial score (nSPS) is 17.2. The molecule has 0 saturated carbocycles. The number of hydrogen-bond acceptors (Lipinski definition) is 3. The van der Waals surface area contributed by atoms with Gasteiger partial charge in [-0.2, -0.15) is 12.7 Å². The van der Waals surface area contributed by atoms with Crippen molar-refractivity contribution < 1.29 is 8.42 Å². The summed E-state index contributed by atoms with van der Waals surface area (Å²) in [5.74, 6) is 0.